The third-order valence-electron chi connectivity index (χ3n) is 3.29. The summed E-state index contributed by atoms with van der Waals surface area (Å²) in [6.07, 6.45) is 2.07. The molecular formula is C17H19NOS. The van der Waals surface area contributed by atoms with Gasteiger partial charge >= 0.3 is 0 Å². The fourth-order valence-electron chi connectivity index (χ4n) is 1.94. The molecule has 3 heteroatoms. The molecule has 0 aliphatic heterocycles. The molecule has 0 fully saturated rings. The third-order valence-corrected chi connectivity index (χ3v) is 3.91. The number of carbonyl (C=O) groups excluding carboxylic acids is 1. The normalized spacial score (nSPS) is 10.3. The van der Waals surface area contributed by atoms with E-state index >= 15 is 0 Å². The highest BCUT2D eigenvalue weighted by atomic mass is 32.2. The molecule has 104 valence electrons. The van der Waals surface area contributed by atoms with Crippen LogP contribution in [0.15, 0.2) is 42.5 Å². The van der Waals surface area contributed by atoms with Gasteiger partial charge in [0.05, 0.1) is 0 Å². The molecule has 0 aliphatic carbocycles. The van der Waals surface area contributed by atoms with Gasteiger partial charge in [-0.05, 0) is 61.1 Å². The van der Waals surface area contributed by atoms with Crippen molar-refractivity contribution in [1.82, 2.24) is 0 Å². The molecule has 0 saturated carbocycles. The van der Waals surface area contributed by atoms with E-state index < -0.39 is 0 Å². The number of anilines is 1. The number of amides is 1. The molecule has 20 heavy (non-hydrogen) atoms. The monoisotopic (exact) mass is 285 g/mol. The van der Waals surface area contributed by atoms with Gasteiger partial charge in [0.25, 0.3) is 5.91 Å². The van der Waals surface area contributed by atoms with Crippen LogP contribution in [0.3, 0.4) is 0 Å². The Morgan fingerprint density at radius 1 is 1.05 bits per heavy atom. The van der Waals surface area contributed by atoms with Crippen LogP contribution in [0.25, 0.3) is 0 Å². The molecule has 1 N–H and O–H groups in total. The van der Waals surface area contributed by atoms with E-state index in [0.29, 0.717) is 5.56 Å². The summed E-state index contributed by atoms with van der Waals surface area (Å²) in [6.45, 7) is 4.10. The highest BCUT2D eigenvalue weighted by Gasteiger charge is 2.06. The van der Waals surface area contributed by atoms with Gasteiger partial charge < -0.3 is 5.32 Å². The lowest BCUT2D eigenvalue weighted by molar-refractivity contribution is 0.102. The topological polar surface area (TPSA) is 29.1 Å². The summed E-state index contributed by atoms with van der Waals surface area (Å²) < 4.78 is 0. The van der Waals surface area contributed by atoms with Crippen molar-refractivity contribution in [3.63, 3.8) is 0 Å². The van der Waals surface area contributed by atoms with Gasteiger partial charge in [-0.25, -0.2) is 0 Å². The molecule has 0 aliphatic rings. The zero-order chi connectivity index (χ0) is 14.5. The van der Waals surface area contributed by atoms with Crippen LogP contribution < -0.4 is 5.32 Å². The van der Waals surface area contributed by atoms with E-state index in [9.17, 15) is 4.79 Å². The average Bonchev–Trinajstić information content (AvgIpc) is 2.44. The fraction of sp³-hybridized carbons (Fsp3) is 0.235. The van der Waals surface area contributed by atoms with Crippen LogP contribution in [-0.4, -0.2) is 12.2 Å². The summed E-state index contributed by atoms with van der Waals surface area (Å²) in [7, 11) is 0. The Kier molecular flexibility index (Phi) is 4.85. The molecule has 0 heterocycles. The number of carbonyl (C=O) groups is 1. The number of aryl methyl sites for hydroxylation is 2. The van der Waals surface area contributed by atoms with E-state index in [-0.39, 0.29) is 5.91 Å². The van der Waals surface area contributed by atoms with Gasteiger partial charge in [0.1, 0.15) is 0 Å². The Hall–Kier alpha value is -1.74. The van der Waals surface area contributed by atoms with Crippen molar-refractivity contribution >= 4 is 23.4 Å². The Morgan fingerprint density at radius 3 is 2.35 bits per heavy atom. The van der Waals surface area contributed by atoms with E-state index in [1.54, 1.807) is 11.8 Å². The first-order valence-corrected chi connectivity index (χ1v) is 7.96. The van der Waals surface area contributed by atoms with E-state index in [1.807, 2.05) is 49.4 Å². The summed E-state index contributed by atoms with van der Waals surface area (Å²) in [5, 5.41) is 2.93. The number of nitrogens with one attached hydrogen (secondary N) is 1. The Bertz CT molecular complexity index is 605. The van der Waals surface area contributed by atoms with E-state index in [4.69, 9.17) is 0 Å². The molecule has 0 unspecified atom stereocenters. The molecule has 1 amide bonds. The molecule has 2 rings (SSSR count). The van der Waals surface area contributed by atoms with E-state index in [0.717, 1.165) is 11.4 Å². The molecule has 2 aromatic rings. The number of rotatable bonds is 4. The Morgan fingerprint density at radius 2 is 1.75 bits per heavy atom. The largest absolute Gasteiger partial charge is 0.322 e. The van der Waals surface area contributed by atoms with Gasteiger partial charge in [0.2, 0.25) is 0 Å². The summed E-state index contributed by atoms with van der Waals surface area (Å²) in [5.41, 5.74) is 5.17. The maximum Gasteiger partial charge on any atom is 0.255 e. The maximum absolute atomic E-state index is 12.2. The van der Waals surface area contributed by atoms with Crippen molar-refractivity contribution in [2.24, 2.45) is 0 Å². The van der Waals surface area contributed by atoms with Crippen molar-refractivity contribution in [2.75, 3.05) is 11.6 Å². The predicted octanol–water partition coefficient (Wildman–Crippen LogP) is 4.42. The minimum Gasteiger partial charge on any atom is -0.322 e. The molecule has 2 nitrogen and oxygen atoms in total. The van der Waals surface area contributed by atoms with Gasteiger partial charge in [0, 0.05) is 17.0 Å². The molecular weight excluding hydrogens is 266 g/mol. The fourth-order valence-corrected chi connectivity index (χ4v) is 2.47. The van der Waals surface area contributed by atoms with Crippen molar-refractivity contribution in [2.45, 2.75) is 19.6 Å². The van der Waals surface area contributed by atoms with Crippen LogP contribution in [0.4, 0.5) is 5.69 Å². The van der Waals surface area contributed by atoms with Gasteiger partial charge in [0.15, 0.2) is 0 Å². The quantitative estimate of drug-likeness (QED) is 0.901. The summed E-state index contributed by atoms with van der Waals surface area (Å²) in [5.74, 6) is 0.906. The highest BCUT2D eigenvalue weighted by Crippen LogP contribution is 2.16. The van der Waals surface area contributed by atoms with Crippen molar-refractivity contribution in [3.8, 4) is 0 Å². The van der Waals surface area contributed by atoms with Gasteiger partial charge in [-0.2, -0.15) is 11.8 Å². The van der Waals surface area contributed by atoms with E-state index in [2.05, 4.69) is 18.5 Å². The van der Waals surface area contributed by atoms with Crippen LogP contribution in [0, 0.1) is 13.8 Å². The zero-order valence-corrected chi connectivity index (χ0v) is 12.9. The van der Waals surface area contributed by atoms with Gasteiger partial charge in [-0.1, -0.05) is 18.2 Å². The first kappa shape index (κ1) is 14.7. The number of benzene rings is 2. The smallest absolute Gasteiger partial charge is 0.255 e. The molecule has 0 radical (unpaired) electrons. The number of hydrogen-bond donors (Lipinski definition) is 1. The second kappa shape index (κ2) is 6.62. The minimum absolute atomic E-state index is 0.0658. The second-order valence-electron chi connectivity index (χ2n) is 4.88. The lowest BCUT2D eigenvalue weighted by Gasteiger charge is -2.08. The molecule has 0 atom stereocenters. The molecule has 0 saturated heterocycles. The number of thioether (sulfide) groups is 1. The molecule has 0 aromatic heterocycles. The zero-order valence-electron chi connectivity index (χ0n) is 12.1. The lowest BCUT2D eigenvalue weighted by Crippen LogP contribution is -2.12. The molecule has 2 aromatic carbocycles. The second-order valence-corrected chi connectivity index (χ2v) is 5.75. The predicted molar refractivity (Wildman–Crippen MR) is 87.5 cm³/mol. The number of hydrogen-bond acceptors (Lipinski definition) is 2. The van der Waals surface area contributed by atoms with Crippen LogP contribution in [0.2, 0.25) is 0 Å². The standard InChI is InChI=1S/C17H19NOS/c1-12-4-9-16(10-13(12)2)18-17(19)15-7-5-14(6-8-15)11-20-3/h4-10H,11H2,1-3H3,(H,18,19). The highest BCUT2D eigenvalue weighted by molar-refractivity contribution is 7.97. The molecule has 0 bridgehead atoms. The first-order valence-electron chi connectivity index (χ1n) is 6.56. The van der Waals surface area contributed by atoms with Crippen molar-refractivity contribution in [1.29, 1.82) is 0 Å². The molecule has 0 spiro atoms. The minimum atomic E-state index is -0.0658. The van der Waals surface area contributed by atoms with Crippen molar-refractivity contribution in [3.05, 3.63) is 64.7 Å². The van der Waals surface area contributed by atoms with Crippen LogP contribution in [0.5, 0.6) is 0 Å². The van der Waals surface area contributed by atoms with Gasteiger partial charge in [-0.3, -0.25) is 4.79 Å². The Labute approximate surface area is 124 Å². The van der Waals surface area contributed by atoms with Crippen molar-refractivity contribution < 1.29 is 4.79 Å². The maximum atomic E-state index is 12.2. The lowest BCUT2D eigenvalue weighted by atomic mass is 10.1. The Balaban J connectivity index is 2.09. The third kappa shape index (κ3) is 3.64. The summed E-state index contributed by atoms with van der Waals surface area (Å²) in [4.78, 5) is 12.2. The van der Waals surface area contributed by atoms with Crippen LogP contribution in [-0.2, 0) is 5.75 Å². The summed E-state index contributed by atoms with van der Waals surface area (Å²) in [6, 6.07) is 13.7. The summed E-state index contributed by atoms with van der Waals surface area (Å²) >= 11 is 1.77. The first-order chi connectivity index (χ1) is 9.60. The van der Waals surface area contributed by atoms with E-state index in [1.165, 1.54) is 16.7 Å². The SMILES string of the molecule is CSCc1ccc(C(=O)Nc2ccc(C)c(C)c2)cc1. The average molecular weight is 285 g/mol. The van der Waals surface area contributed by atoms with Crippen LogP contribution in [0.1, 0.15) is 27.0 Å². The van der Waals surface area contributed by atoms with Gasteiger partial charge in [-0.15, -0.1) is 0 Å². The van der Waals surface area contributed by atoms with Crippen LogP contribution >= 0.6 is 11.8 Å².